The molecule has 0 radical (unpaired) electrons. The number of carbonyl (C=O) groups is 3. The molecule has 2 fully saturated rings. The van der Waals surface area contributed by atoms with Crippen LogP contribution in [-0.2, 0) is 23.1 Å². The average molecular weight is 610 g/mol. The van der Waals surface area contributed by atoms with Crippen LogP contribution in [0, 0.1) is 17.2 Å². The molecular weight excluding hydrogens is 570 g/mol. The summed E-state index contributed by atoms with van der Waals surface area (Å²) >= 11 is 0. The number of hydrogen-bond acceptors (Lipinski definition) is 8. The minimum Gasteiger partial charge on any atom is -0.366 e. The normalized spacial score (nSPS) is 20.0. The lowest BCUT2D eigenvalue weighted by Gasteiger charge is -2.40. The number of nitrogens with zero attached hydrogens (tertiary/aromatic N) is 5. The number of amides is 3. The molecule has 1 unspecified atom stereocenters. The third kappa shape index (κ3) is 5.80. The Morgan fingerprint density at radius 3 is 2.18 bits per heavy atom. The number of carbonyl (C=O) groups excluding carboxylic acids is 3. The Morgan fingerprint density at radius 1 is 0.978 bits per heavy atom. The maximum atomic E-state index is 13.4. The number of nitriles is 1. The molecule has 6 N–H and O–H groups in total. The van der Waals surface area contributed by atoms with Crippen molar-refractivity contribution in [3.8, 4) is 6.07 Å². The van der Waals surface area contributed by atoms with Crippen LogP contribution < -0.4 is 16.8 Å². The van der Waals surface area contributed by atoms with E-state index >= 15 is 0 Å². The van der Waals surface area contributed by atoms with E-state index in [4.69, 9.17) is 11.5 Å². The van der Waals surface area contributed by atoms with Gasteiger partial charge in [0.05, 0.1) is 18.0 Å². The Kier molecular flexibility index (Phi) is 8.63. The Hall–Kier alpha value is -4.63. The van der Waals surface area contributed by atoms with Gasteiger partial charge in [-0.1, -0.05) is 36.6 Å². The average Bonchev–Trinajstić information content (AvgIpc) is 3.75. The maximum Gasteiger partial charge on any atom is 0.248 e. The smallest absolute Gasteiger partial charge is 0.248 e. The third-order valence-corrected chi connectivity index (χ3v) is 10.1. The number of fused-ring (bicyclic) bond motifs is 2. The highest BCUT2D eigenvalue weighted by atomic mass is 16.2. The summed E-state index contributed by atoms with van der Waals surface area (Å²) in [6.45, 7) is 0.702. The molecule has 2 heterocycles. The van der Waals surface area contributed by atoms with E-state index < -0.39 is 23.3 Å². The van der Waals surface area contributed by atoms with Gasteiger partial charge < -0.3 is 21.7 Å². The molecule has 234 valence electrons. The zero-order chi connectivity index (χ0) is 31.6. The van der Waals surface area contributed by atoms with E-state index in [1.165, 1.54) is 6.42 Å². The number of H-pyrrole nitrogens is 1. The monoisotopic (exact) mass is 609 g/mol. The van der Waals surface area contributed by atoms with E-state index in [2.05, 4.69) is 32.0 Å². The van der Waals surface area contributed by atoms with Crippen molar-refractivity contribution in [3.05, 3.63) is 75.6 Å². The van der Waals surface area contributed by atoms with Crippen LogP contribution in [0.25, 0.3) is 0 Å². The number of nitrogens with one attached hydrogen (secondary N) is 2. The zero-order valence-corrected chi connectivity index (χ0v) is 25.3. The van der Waals surface area contributed by atoms with Crippen molar-refractivity contribution in [2.45, 2.75) is 81.7 Å². The lowest BCUT2D eigenvalue weighted by molar-refractivity contribution is -0.130. The highest BCUT2D eigenvalue weighted by Gasteiger charge is 2.47. The van der Waals surface area contributed by atoms with Crippen LogP contribution in [-0.4, -0.2) is 68.4 Å². The first kappa shape index (κ1) is 30.4. The highest BCUT2D eigenvalue weighted by Crippen LogP contribution is 2.48. The van der Waals surface area contributed by atoms with Crippen molar-refractivity contribution in [1.29, 1.82) is 5.26 Å². The number of aryl methyl sites for hydroxylation is 2. The second-order valence-corrected chi connectivity index (χ2v) is 12.6. The number of aromatic amines is 1. The van der Waals surface area contributed by atoms with Crippen LogP contribution in [0.15, 0.2) is 36.4 Å². The molecule has 1 aromatic heterocycles. The molecule has 12 nitrogen and oxygen atoms in total. The molecule has 2 aliphatic carbocycles. The number of benzene rings is 2. The van der Waals surface area contributed by atoms with Gasteiger partial charge in [-0.15, -0.1) is 10.2 Å². The maximum absolute atomic E-state index is 13.4. The van der Waals surface area contributed by atoms with Gasteiger partial charge in [-0.3, -0.25) is 14.4 Å². The summed E-state index contributed by atoms with van der Waals surface area (Å²) in [6.07, 6.45) is 8.61. The largest absolute Gasteiger partial charge is 0.366 e. The molecular formula is C33H39N9O3. The standard InChI is InChI=1S/C33H39N9O3/c34-18-25-7-4-14-42(25)29(43)19-37-28(20-5-2-1-3-6-20)17-33(32-38-40-41-39-32)26-12-10-23(30(35)44)15-21(26)8-9-22-16-24(31(36)45)11-13-27(22)33/h10-13,15-16,20,25,28,37H,1-9,14,17,19H2,(H2,35,44)(H2,36,45)(H,38,39,40,41)/t25?,28-/m1/s1. The van der Waals surface area contributed by atoms with Crippen LogP contribution in [0.5, 0.6) is 0 Å². The van der Waals surface area contributed by atoms with Gasteiger partial charge in [0.25, 0.3) is 0 Å². The van der Waals surface area contributed by atoms with Gasteiger partial charge in [0.2, 0.25) is 17.7 Å². The lowest BCUT2D eigenvalue weighted by Crippen LogP contribution is -2.49. The molecule has 3 aliphatic rings. The van der Waals surface area contributed by atoms with Gasteiger partial charge >= 0.3 is 0 Å². The van der Waals surface area contributed by atoms with Crippen LogP contribution in [0.1, 0.15) is 100 Å². The van der Waals surface area contributed by atoms with Gasteiger partial charge in [-0.05, 0) is 97.4 Å². The Bertz CT molecular complexity index is 1560. The van der Waals surface area contributed by atoms with Crippen molar-refractivity contribution >= 4 is 17.7 Å². The number of tetrazole rings is 1. The fourth-order valence-electron chi connectivity index (χ4n) is 7.84. The lowest BCUT2D eigenvalue weighted by atomic mass is 9.65. The fraction of sp³-hybridized carbons (Fsp3) is 0.485. The topological polar surface area (TPSA) is 197 Å². The van der Waals surface area contributed by atoms with E-state index in [0.29, 0.717) is 49.2 Å². The van der Waals surface area contributed by atoms with E-state index in [1.54, 1.807) is 17.0 Å². The molecule has 1 saturated heterocycles. The molecule has 2 atom stereocenters. The Labute approximate surface area is 261 Å². The number of rotatable bonds is 9. The Balaban J connectivity index is 1.49. The van der Waals surface area contributed by atoms with E-state index in [9.17, 15) is 19.6 Å². The predicted octanol–water partition coefficient (Wildman–Crippen LogP) is 2.27. The van der Waals surface area contributed by atoms with Crippen molar-refractivity contribution in [2.75, 3.05) is 13.1 Å². The summed E-state index contributed by atoms with van der Waals surface area (Å²) in [6, 6.07) is 12.8. The van der Waals surface area contributed by atoms with Crippen molar-refractivity contribution < 1.29 is 14.4 Å². The molecule has 0 bridgehead atoms. The molecule has 2 aromatic carbocycles. The second kappa shape index (κ2) is 12.8. The second-order valence-electron chi connectivity index (χ2n) is 12.6. The van der Waals surface area contributed by atoms with Crippen molar-refractivity contribution in [3.63, 3.8) is 0 Å². The number of hydrogen-bond donors (Lipinski definition) is 4. The molecule has 12 heteroatoms. The van der Waals surface area contributed by atoms with E-state index in [1.807, 2.05) is 24.3 Å². The van der Waals surface area contributed by atoms with E-state index in [-0.39, 0.29) is 24.4 Å². The summed E-state index contributed by atoms with van der Waals surface area (Å²) in [7, 11) is 0. The summed E-state index contributed by atoms with van der Waals surface area (Å²) < 4.78 is 0. The number of nitrogens with two attached hydrogens (primary N) is 2. The number of likely N-dealkylation sites (tertiary alicyclic amines) is 1. The van der Waals surface area contributed by atoms with Crippen LogP contribution >= 0.6 is 0 Å². The van der Waals surface area contributed by atoms with Crippen LogP contribution in [0.2, 0.25) is 0 Å². The van der Waals surface area contributed by atoms with Gasteiger partial charge in [-0.2, -0.15) is 10.5 Å². The molecule has 45 heavy (non-hydrogen) atoms. The summed E-state index contributed by atoms with van der Waals surface area (Å²) in [5.41, 5.74) is 15.0. The van der Waals surface area contributed by atoms with E-state index in [0.717, 1.165) is 54.4 Å². The van der Waals surface area contributed by atoms with Crippen LogP contribution in [0.3, 0.4) is 0 Å². The molecule has 1 saturated carbocycles. The quantitative estimate of drug-likeness (QED) is 0.283. The number of primary amides is 2. The van der Waals surface area contributed by atoms with Crippen molar-refractivity contribution in [1.82, 2.24) is 30.8 Å². The van der Waals surface area contributed by atoms with Gasteiger partial charge in [0.15, 0.2) is 5.82 Å². The minimum atomic E-state index is -0.943. The summed E-state index contributed by atoms with van der Waals surface area (Å²) in [4.78, 5) is 39.6. The predicted molar refractivity (Wildman–Crippen MR) is 165 cm³/mol. The first-order valence-corrected chi connectivity index (χ1v) is 15.8. The molecule has 1 aliphatic heterocycles. The SMILES string of the molecule is N#CC1CCCN1C(=O)CN[C@H](CC1(c2nn[nH]n2)c2ccc(C(N)=O)cc2CCc2cc(C(N)=O)ccc21)C1CCCCC1. The summed E-state index contributed by atoms with van der Waals surface area (Å²) in [5.74, 6) is -0.362. The molecule has 6 rings (SSSR count). The molecule has 3 amide bonds. The first-order chi connectivity index (χ1) is 21.8. The minimum absolute atomic E-state index is 0.0765. The van der Waals surface area contributed by atoms with Crippen LogP contribution in [0.4, 0.5) is 0 Å². The first-order valence-electron chi connectivity index (χ1n) is 15.8. The number of aromatic nitrogens is 4. The van der Waals surface area contributed by atoms with Gasteiger partial charge in [-0.25, -0.2) is 0 Å². The molecule has 0 spiro atoms. The zero-order valence-electron chi connectivity index (χ0n) is 25.3. The Morgan fingerprint density at radius 2 is 1.62 bits per heavy atom. The fourth-order valence-corrected chi connectivity index (χ4v) is 7.84. The summed E-state index contributed by atoms with van der Waals surface area (Å²) in [5, 5.41) is 29.0. The third-order valence-electron chi connectivity index (χ3n) is 10.1. The molecule has 3 aromatic rings. The van der Waals surface area contributed by atoms with Gasteiger partial charge in [0, 0.05) is 23.7 Å². The van der Waals surface area contributed by atoms with Crippen molar-refractivity contribution in [2.24, 2.45) is 17.4 Å². The highest BCUT2D eigenvalue weighted by molar-refractivity contribution is 5.94. The van der Waals surface area contributed by atoms with Gasteiger partial charge in [0.1, 0.15) is 6.04 Å².